The summed E-state index contributed by atoms with van der Waals surface area (Å²) in [6.45, 7) is 1.68. The third-order valence-corrected chi connectivity index (χ3v) is 5.17. The first kappa shape index (κ1) is 23.0. The number of carbonyl (C=O) groups excluding carboxylic acids is 2. The predicted molar refractivity (Wildman–Crippen MR) is 125 cm³/mol. The number of amides is 1. The molecule has 0 atom stereocenters. The van der Waals surface area contributed by atoms with Gasteiger partial charge in [0.2, 0.25) is 0 Å². The Hall–Kier alpha value is -2.70. The molecule has 148 valence electrons. The van der Waals surface area contributed by atoms with Gasteiger partial charge in [-0.1, -0.05) is 46.6 Å². The van der Waals surface area contributed by atoms with E-state index in [1.807, 2.05) is 0 Å². The lowest BCUT2D eigenvalue weighted by Crippen LogP contribution is -2.54. The molecule has 0 bridgehead atoms. The Kier molecular flexibility index (Phi) is 6.53. The topological polar surface area (TPSA) is 70.5 Å². The van der Waals surface area contributed by atoms with Crippen molar-refractivity contribution >= 4 is 64.8 Å². The third kappa shape index (κ3) is 4.65. The average molecular weight is 445 g/mol. The molecule has 0 unspecified atom stereocenters. The molecular formula is C21H13B3Cl2N2O3. The number of aromatic hydroxyl groups is 1. The molecule has 10 heteroatoms. The number of carbonyl (C=O) groups is 2. The normalized spacial score (nSPS) is 11.2. The highest BCUT2D eigenvalue weighted by molar-refractivity contribution is 6.62. The number of rotatable bonds is 5. The fourth-order valence-corrected chi connectivity index (χ4v) is 3.60. The van der Waals surface area contributed by atoms with Gasteiger partial charge in [-0.3, -0.25) is 9.59 Å². The Labute approximate surface area is 193 Å². The van der Waals surface area contributed by atoms with Gasteiger partial charge >= 0.3 is 0 Å². The van der Waals surface area contributed by atoms with Crippen molar-refractivity contribution in [1.82, 2.24) is 4.98 Å². The minimum atomic E-state index is -2.20. The zero-order chi connectivity index (χ0) is 22.9. The van der Waals surface area contributed by atoms with Gasteiger partial charge < -0.3 is 10.0 Å². The lowest BCUT2D eigenvalue weighted by atomic mass is 9.48. The number of nitrogens with zero attached hydrogens (tertiary/aromatic N) is 2. The maximum absolute atomic E-state index is 13.3. The average Bonchev–Trinajstić information content (AvgIpc) is 2.68. The van der Waals surface area contributed by atoms with E-state index in [0.29, 0.717) is 33.6 Å². The summed E-state index contributed by atoms with van der Waals surface area (Å²) in [6.07, 6.45) is 2.01. The maximum atomic E-state index is 13.3. The van der Waals surface area contributed by atoms with E-state index in [2.05, 4.69) is 4.98 Å². The smallest absolute Gasteiger partial charge is 0.259 e. The van der Waals surface area contributed by atoms with Crippen LogP contribution in [0, 0.1) is 6.92 Å². The van der Waals surface area contributed by atoms with E-state index >= 15 is 0 Å². The van der Waals surface area contributed by atoms with Crippen LogP contribution in [0.25, 0.3) is 11.1 Å². The first-order valence-electron chi connectivity index (χ1n) is 8.95. The maximum Gasteiger partial charge on any atom is 0.259 e. The van der Waals surface area contributed by atoms with Crippen molar-refractivity contribution in [2.75, 3.05) is 4.90 Å². The van der Waals surface area contributed by atoms with Crippen molar-refractivity contribution < 1.29 is 14.7 Å². The van der Waals surface area contributed by atoms with Crippen LogP contribution in [-0.2, 0) is 0 Å². The Balaban J connectivity index is 2.12. The van der Waals surface area contributed by atoms with Gasteiger partial charge in [0.15, 0.2) is 11.6 Å². The van der Waals surface area contributed by atoms with E-state index in [9.17, 15) is 14.7 Å². The highest BCUT2D eigenvalue weighted by atomic mass is 35.5. The molecule has 1 amide bonds. The molecule has 3 rings (SSSR count). The number of halogens is 2. The second-order valence-corrected chi connectivity index (χ2v) is 7.70. The number of aromatic nitrogens is 1. The Morgan fingerprint density at radius 3 is 2.42 bits per heavy atom. The molecule has 1 aromatic heterocycles. The molecule has 6 radical (unpaired) electrons. The molecule has 0 saturated carbocycles. The summed E-state index contributed by atoms with van der Waals surface area (Å²) in [4.78, 5) is 29.3. The van der Waals surface area contributed by atoms with Gasteiger partial charge in [0.05, 0.1) is 34.1 Å². The molecule has 0 fully saturated rings. The van der Waals surface area contributed by atoms with E-state index in [0.717, 1.165) is 4.90 Å². The van der Waals surface area contributed by atoms with E-state index < -0.39 is 16.9 Å². The Morgan fingerprint density at radius 1 is 1.13 bits per heavy atom. The molecule has 0 spiro atoms. The Morgan fingerprint density at radius 2 is 1.84 bits per heavy atom. The predicted octanol–water partition coefficient (Wildman–Crippen LogP) is 3.65. The molecule has 5 nitrogen and oxygen atoms in total. The zero-order valence-corrected chi connectivity index (χ0v) is 17.9. The van der Waals surface area contributed by atoms with Crippen LogP contribution in [0.4, 0.5) is 5.82 Å². The summed E-state index contributed by atoms with van der Waals surface area (Å²) in [7, 11) is 17.5. The fourth-order valence-electron chi connectivity index (χ4n) is 3.07. The van der Waals surface area contributed by atoms with Gasteiger partial charge in [-0.05, 0) is 36.8 Å². The summed E-state index contributed by atoms with van der Waals surface area (Å²) in [5, 5.41) is 8.96. The number of hydrogen-bond donors (Lipinski definition) is 1. The van der Waals surface area contributed by atoms with Gasteiger partial charge in [0.25, 0.3) is 5.91 Å². The molecule has 1 heterocycles. The van der Waals surface area contributed by atoms with Gasteiger partial charge in [0.1, 0.15) is 6.29 Å². The highest BCUT2D eigenvalue weighted by Gasteiger charge is 2.32. The third-order valence-electron chi connectivity index (χ3n) is 4.52. The summed E-state index contributed by atoms with van der Waals surface area (Å²) < 4.78 is 0. The van der Waals surface area contributed by atoms with Crippen LogP contribution in [-0.4, -0.2) is 51.1 Å². The van der Waals surface area contributed by atoms with Crippen molar-refractivity contribution in [3.05, 3.63) is 75.4 Å². The number of pyridine rings is 1. The molecular weight excluding hydrogens is 432 g/mol. The highest BCUT2D eigenvalue weighted by Crippen LogP contribution is 2.36. The van der Waals surface area contributed by atoms with Gasteiger partial charge in [-0.25, -0.2) is 4.98 Å². The number of aryl methyl sites for hydroxylation is 1. The lowest BCUT2D eigenvalue weighted by molar-refractivity contribution is 0.0983. The molecule has 0 aliphatic rings. The molecule has 1 N–H and O–H groups in total. The van der Waals surface area contributed by atoms with Crippen LogP contribution in [0.2, 0.25) is 10.0 Å². The number of benzene rings is 2. The minimum Gasteiger partial charge on any atom is -0.504 e. The largest absolute Gasteiger partial charge is 0.504 e. The van der Waals surface area contributed by atoms with Gasteiger partial charge in [0, 0.05) is 27.9 Å². The van der Waals surface area contributed by atoms with Crippen molar-refractivity contribution in [2.45, 2.75) is 12.2 Å². The second-order valence-electron chi connectivity index (χ2n) is 6.88. The van der Waals surface area contributed by atoms with E-state index in [-0.39, 0.29) is 16.4 Å². The van der Waals surface area contributed by atoms with Crippen LogP contribution in [0.5, 0.6) is 5.75 Å². The van der Waals surface area contributed by atoms with Crippen molar-refractivity contribution in [3.8, 4) is 16.9 Å². The monoisotopic (exact) mass is 444 g/mol. The first-order chi connectivity index (χ1) is 14.5. The van der Waals surface area contributed by atoms with E-state index in [1.54, 1.807) is 37.3 Å². The van der Waals surface area contributed by atoms with Crippen LogP contribution < -0.4 is 4.90 Å². The zero-order valence-electron chi connectivity index (χ0n) is 16.3. The molecule has 0 saturated heterocycles. The molecule has 3 aromatic rings. The van der Waals surface area contributed by atoms with E-state index in [1.165, 1.54) is 18.3 Å². The quantitative estimate of drug-likeness (QED) is 0.482. The number of anilines is 1. The van der Waals surface area contributed by atoms with Crippen LogP contribution in [0.15, 0.2) is 48.7 Å². The Bertz CT molecular complexity index is 1160. The summed E-state index contributed by atoms with van der Waals surface area (Å²) in [5.74, 6) is -1.45. The lowest BCUT2D eigenvalue weighted by Gasteiger charge is -2.37. The summed E-state index contributed by atoms with van der Waals surface area (Å²) >= 11 is 12.4. The van der Waals surface area contributed by atoms with Crippen molar-refractivity contribution in [1.29, 1.82) is 0 Å². The standard InChI is InChI=1S/C21H13B3Cl2N2O3/c1-11-3-2-4-16(26)18(11)20(31)28(21(22,23)24)19-17(30)8-13(9-27-19)14-7-12(10-29)5-6-15(14)25/h2-10,30H,1H3. The van der Waals surface area contributed by atoms with Crippen LogP contribution in [0.1, 0.15) is 26.3 Å². The SMILES string of the molecule is [B]C([B])([B])N(C(=O)c1c(C)cccc1Cl)c1ncc(-c2cc(C=O)ccc2Cl)cc1O. The van der Waals surface area contributed by atoms with Crippen molar-refractivity contribution in [2.24, 2.45) is 0 Å². The van der Waals surface area contributed by atoms with Gasteiger partial charge in [-0.15, -0.1) is 0 Å². The second kappa shape index (κ2) is 8.81. The molecule has 2 aromatic carbocycles. The fraction of sp³-hybridized carbons (Fsp3) is 0.0952. The molecule has 0 aliphatic carbocycles. The molecule has 31 heavy (non-hydrogen) atoms. The van der Waals surface area contributed by atoms with Crippen LogP contribution in [0.3, 0.4) is 0 Å². The molecule has 0 aliphatic heterocycles. The van der Waals surface area contributed by atoms with E-state index in [4.69, 9.17) is 46.7 Å². The number of hydrogen-bond acceptors (Lipinski definition) is 4. The first-order valence-corrected chi connectivity index (χ1v) is 9.70. The number of aldehydes is 1. The van der Waals surface area contributed by atoms with Crippen LogP contribution >= 0.6 is 23.2 Å². The summed E-state index contributed by atoms with van der Waals surface area (Å²) in [5.41, 5.74) is 1.91. The minimum absolute atomic E-state index is 0.113. The van der Waals surface area contributed by atoms with Crippen molar-refractivity contribution in [3.63, 3.8) is 0 Å². The van der Waals surface area contributed by atoms with Gasteiger partial charge in [-0.2, -0.15) is 0 Å². The summed E-state index contributed by atoms with van der Waals surface area (Å²) in [6, 6.07) is 10.8.